The second-order valence-electron chi connectivity index (χ2n) is 2.48. The third-order valence-electron chi connectivity index (χ3n) is 1.65. The molecule has 5 heteroatoms. The van der Waals surface area contributed by atoms with Crippen molar-refractivity contribution in [3.05, 3.63) is 27.5 Å². The van der Waals surface area contributed by atoms with Crippen LogP contribution in [-0.2, 0) is 0 Å². The molecule has 0 spiro atoms. The highest BCUT2D eigenvalue weighted by Gasteiger charge is 2.13. The molecule has 0 atom stereocenters. The van der Waals surface area contributed by atoms with Crippen LogP contribution in [0.15, 0.2) is 6.20 Å². The first kappa shape index (κ1) is 10.3. The molecular formula is C8H8Cl2N2O. The zero-order valence-corrected chi connectivity index (χ0v) is 8.70. The van der Waals surface area contributed by atoms with Crippen LogP contribution in [-0.4, -0.2) is 17.9 Å². The topological polar surface area (TPSA) is 42.0 Å². The second kappa shape index (κ2) is 3.94. The van der Waals surface area contributed by atoms with E-state index in [-0.39, 0.29) is 5.91 Å². The van der Waals surface area contributed by atoms with E-state index in [1.54, 1.807) is 6.92 Å². The number of aromatic nitrogens is 1. The maximum atomic E-state index is 11.2. The molecule has 1 aromatic rings. The summed E-state index contributed by atoms with van der Waals surface area (Å²) in [7, 11) is 1.53. The molecule has 13 heavy (non-hydrogen) atoms. The number of nitrogens with one attached hydrogen (secondary N) is 1. The largest absolute Gasteiger partial charge is 0.355 e. The van der Waals surface area contributed by atoms with Gasteiger partial charge >= 0.3 is 0 Å². The molecule has 0 saturated heterocycles. The molecule has 0 aliphatic heterocycles. The van der Waals surface area contributed by atoms with E-state index in [1.165, 1.54) is 13.2 Å². The molecule has 0 radical (unpaired) electrons. The highest BCUT2D eigenvalue weighted by atomic mass is 35.5. The molecule has 0 bridgehead atoms. The Balaban J connectivity index is 3.26. The SMILES string of the molecule is CNC(=O)c1cnc(Cl)c(C)c1Cl. The van der Waals surface area contributed by atoms with E-state index >= 15 is 0 Å². The number of amides is 1. The minimum absolute atomic E-state index is 0.266. The predicted molar refractivity (Wildman–Crippen MR) is 52.4 cm³/mol. The molecule has 1 heterocycles. The predicted octanol–water partition coefficient (Wildman–Crippen LogP) is 2.06. The van der Waals surface area contributed by atoms with E-state index in [2.05, 4.69) is 10.3 Å². The fourth-order valence-electron chi connectivity index (χ4n) is 0.860. The quantitative estimate of drug-likeness (QED) is 0.734. The van der Waals surface area contributed by atoms with Crippen molar-refractivity contribution in [1.29, 1.82) is 0 Å². The molecule has 0 aliphatic carbocycles. The second-order valence-corrected chi connectivity index (χ2v) is 3.22. The van der Waals surface area contributed by atoms with Gasteiger partial charge in [-0.3, -0.25) is 4.79 Å². The van der Waals surface area contributed by atoms with Gasteiger partial charge in [-0.05, 0) is 6.92 Å². The third-order valence-corrected chi connectivity index (χ3v) is 2.52. The Morgan fingerprint density at radius 1 is 1.54 bits per heavy atom. The fraction of sp³-hybridized carbons (Fsp3) is 0.250. The number of hydrogen-bond acceptors (Lipinski definition) is 2. The van der Waals surface area contributed by atoms with Crippen molar-refractivity contribution in [1.82, 2.24) is 10.3 Å². The van der Waals surface area contributed by atoms with Crippen molar-refractivity contribution in [3.63, 3.8) is 0 Å². The Hall–Kier alpha value is -0.800. The van der Waals surface area contributed by atoms with Crippen molar-refractivity contribution in [3.8, 4) is 0 Å². The fourth-order valence-corrected chi connectivity index (χ4v) is 1.28. The highest BCUT2D eigenvalue weighted by Crippen LogP contribution is 2.24. The first-order valence-electron chi connectivity index (χ1n) is 3.60. The molecule has 70 valence electrons. The number of nitrogens with zero attached hydrogens (tertiary/aromatic N) is 1. The van der Waals surface area contributed by atoms with Gasteiger partial charge in [0.2, 0.25) is 0 Å². The van der Waals surface area contributed by atoms with Crippen LogP contribution in [0, 0.1) is 6.92 Å². The van der Waals surface area contributed by atoms with E-state index < -0.39 is 0 Å². The molecule has 1 rings (SSSR count). The molecule has 0 aliphatic rings. The number of pyridine rings is 1. The van der Waals surface area contributed by atoms with Crippen molar-refractivity contribution in [2.24, 2.45) is 0 Å². The smallest absolute Gasteiger partial charge is 0.254 e. The molecule has 1 aromatic heterocycles. The number of hydrogen-bond donors (Lipinski definition) is 1. The normalized spacial score (nSPS) is 9.85. The van der Waals surface area contributed by atoms with Crippen LogP contribution in [0.1, 0.15) is 15.9 Å². The summed E-state index contributed by atoms with van der Waals surface area (Å²) in [6, 6.07) is 0. The van der Waals surface area contributed by atoms with E-state index in [0.29, 0.717) is 21.3 Å². The van der Waals surface area contributed by atoms with E-state index in [0.717, 1.165) is 0 Å². The van der Waals surface area contributed by atoms with Gasteiger partial charge < -0.3 is 5.32 Å². The molecular weight excluding hydrogens is 211 g/mol. The molecule has 1 amide bonds. The summed E-state index contributed by atoms with van der Waals surface area (Å²) in [5, 5.41) is 3.13. The van der Waals surface area contributed by atoms with Gasteiger partial charge in [0.25, 0.3) is 5.91 Å². The van der Waals surface area contributed by atoms with E-state index in [1.807, 2.05) is 0 Å². The zero-order valence-electron chi connectivity index (χ0n) is 7.19. The molecule has 0 aromatic carbocycles. The molecule has 1 N–H and O–H groups in total. The lowest BCUT2D eigenvalue weighted by atomic mass is 10.2. The van der Waals surface area contributed by atoms with E-state index in [4.69, 9.17) is 23.2 Å². The van der Waals surface area contributed by atoms with Gasteiger partial charge in [0.15, 0.2) is 0 Å². The molecule has 0 unspecified atom stereocenters. The van der Waals surface area contributed by atoms with Crippen molar-refractivity contribution in [2.45, 2.75) is 6.92 Å². The molecule has 3 nitrogen and oxygen atoms in total. The lowest BCUT2D eigenvalue weighted by Gasteiger charge is -2.05. The number of halogens is 2. The van der Waals surface area contributed by atoms with Crippen LogP contribution in [0.25, 0.3) is 0 Å². The van der Waals surface area contributed by atoms with Crippen LogP contribution in [0.5, 0.6) is 0 Å². The van der Waals surface area contributed by atoms with E-state index in [9.17, 15) is 4.79 Å². The van der Waals surface area contributed by atoms with Gasteiger partial charge in [0.1, 0.15) is 5.15 Å². The van der Waals surface area contributed by atoms with Gasteiger partial charge in [-0.25, -0.2) is 4.98 Å². The Kier molecular flexibility index (Phi) is 3.12. The minimum atomic E-state index is -0.266. The standard InChI is InChI=1S/C8H8Cl2N2O/c1-4-6(9)5(8(13)11-2)3-12-7(4)10/h3H,1-2H3,(H,11,13). The molecule has 0 fully saturated rings. The Bertz CT molecular complexity index is 352. The van der Waals surface area contributed by atoms with Crippen LogP contribution >= 0.6 is 23.2 Å². The maximum absolute atomic E-state index is 11.2. The Morgan fingerprint density at radius 2 is 2.15 bits per heavy atom. The summed E-state index contributed by atoms with van der Waals surface area (Å²) < 4.78 is 0. The van der Waals surface area contributed by atoms with Crippen molar-refractivity contribution < 1.29 is 4.79 Å². The van der Waals surface area contributed by atoms with Crippen LogP contribution in [0.4, 0.5) is 0 Å². The molecule has 0 saturated carbocycles. The highest BCUT2D eigenvalue weighted by molar-refractivity contribution is 6.37. The summed E-state index contributed by atoms with van der Waals surface area (Å²) >= 11 is 11.6. The average molecular weight is 219 g/mol. The first-order chi connectivity index (χ1) is 6.07. The first-order valence-corrected chi connectivity index (χ1v) is 4.36. The average Bonchev–Trinajstić information content (AvgIpc) is 2.13. The third kappa shape index (κ3) is 1.92. The van der Waals surface area contributed by atoms with Crippen LogP contribution in [0.3, 0.4) is 0 Å². The number of carbonyl (C=O) groups is 1. The Morgan fingerprint density at radius 3 is 2.69 bits per heavy atom. The summed E-state index contributed by atoms with van der Waals surface area (Å²) in [5.74, 6) is -0.266. The maximum Gasteiger partial charge on any atom is 0.254 e. The van der Waals surface area contributed by atoms with Crippen LogP contribution in [0.2, 0.25) is 10.2 Å². The van der Waals surface area contributed by atoms with Gasteiger partial charge in [-0.2, -0.15) is 0 Å². The minimum Gasteiger partial charge on any atom is -0.355 e. The zero-order chi connectivity index (χ0) is 10.0. The monoisotopic (exact) mass is 218 g/mol. The van der Waals surface area contributed by atoms with Gasteiger partial charge in [0.05, 0.1) is 10.6 Å². The lowest BCUT2D eigenvalue weighted by Crippen LogP contribution is -2.18. The summed E-state index contributed by atoms with van der Waals surface area (Å²) in [6.45, 7) is 1.71. The number of carbonyl (C=O) groups excluding carboxylic acids is 1. The van der Waals surface area contributed by atoms with Gasteiger partial charge in [-0.15, -0.1) is 0 Å². The van der Waals surface area contributed by atoms with Crippen molar-refractivity contribution >= 4 is 29.1 Å². The summed E-state index contributed by atoms with van der Waals surface area (Å²) in [4.78, 5) is 15.0. The van der Waals surface area contributed by atoms with Crippen molar-refractivity contribution in [2.75, 3.05) is 7.05 Å². The number of rotatable bonds is 1. The Labute approximate surface area is 86.1 Å². The lowest BCUT2D eigenvalue weighted by molar-refractivity contribution is 0.0963. The van der Waals surface area contributed by atoms with Gasteiger partial charge in [-0.1, -0.05) is 23.2 Å². The summed E-state index contributed by atoms with van der Waals surface area (Å²) in [6.07, 6.45) is 1.36. The summed E-state index contributed by atoms with van der Waals surface area (Å²) in [5.41, 5.74) is 0.954. The van der Waals surface area contributed by atoms with Crippen LogP contribution < -0.4 is 5.32 Å². The van der Waals surface area contributed by atoms with Gasteiger partial charge in [0, 0.05) is 18.8 Å².